The van der Waals surface area contributed by atoms with Crippen LogP contribution in [0.15, 0.2) is 54.9 Å². The number of nitrogens with one attached hydrogen (secondary N) is 3. The largest absolute Gasteiger partial charge is 0.344 e. The van der Waals surface area contributed by atoms with Gasteiger partial charge in [0.25, 0.3) is 11.8 Å². The van der Waals surface area contributed by atoms with E-state index in [9.17, 15) is 14.4 Å². The van der Waals surface area contributed by atoms with Crippen molar-refractivity contribution in [1.29, 1.82) is 0 Å². The van der Waals surface area contributed by atoms with E-state index >= 15 is 0 Å². The third-order valence-corrected chi connectivity index (χ3v) is 4.54. The van der Waals surface area contributed by atoms with Crippen LogP contribution < -0.4 is 16.2 Å². The molecule has 0 aliphatic heterocycles. The zero-order valence-electron chi connectivity index (χ0n) is 17.0. The molecular formula is C22H23N5O3. The van der Waals surface area contributed by atoms with Crippen molar-refractivity contribution in [2.24, 2.45) is 5.92 Å². The van der Waals surface area contributed by atoms with E-state index in [1.807, 2.05) is 18.2 Å². The van der Waals surface area contributed by atoms with Crippen molar-refractivity contribution >= 4 is 28.6 Å². The van der Waals surface area contributed by atoms with E-state index in [0.29, 0.717) is 22.2 Å². The van der Waals surface area contributed by atoms with Gasteiger partial charge in [0, 0.05) is 30.3 Å². The maximum atomic E-state index is 12.9. The first-order chi connectivity index (χ1) is 14.4. The van der Waals surface area contributed by atoms with Gasteiger partial charge in [-0.05, 0) is 30.2 Å². The Morgan fingerprint density at radius 3 is 2.33 bits per heavy atom. The molecule has 0 bridgehead atoms. The Kier molecular flexibility index (Phi) is 6.36. The van der Waals surface area contributed by atoms with Gasteiger partial charge < -0.3 is 5.32 Å². The summed E-state index contributed by atoms with van der Waals surface area (Å²) in [5.41, 5.74) is 7.31. The van der Waals surface area contributed by atoms with Gasteiger partial charge in [-0.1, -0.05) is 32.0 Å². The Morgan fingerprint density at radius 2 is 1.67 bits per heavy atom. The number of fused-ring (bicyclic) bond motifs is 1. The lowest BCUT2D eigenvalue weighted by Gasteiger charge is -2.21. The molecule has 0 fully saturated rings. The highest BCUT2D eigenvalue weighted by atomic mass is 16.2. The van der Waals surface area contributed by atoms with Crippen LogP contribution in [0.2, 0.25) is 0 Å². The lowest BCUT2D eigenvalue weighted by Crippen LogP contribution is -2.54. The second-order valence-corrected chi connectivity index (χ2v) is 7.17. The number of hydrogen-bond acceptors (Lipinski definition) is 5. The van der Waals surface area contributed by atoms with Crippen molar-refractivity contribution in [3.63, 3.8) is 0 Å². The number of aromatic nitrogens is 2. The van der Waals surface area contributed by atoms with Gasteiger partial charge in [-0.25, -0.2) is 4.98 Å². The second-order valence-electron chi connectivity index (χ2n) is 7.17. The number of carbonyl (C=O) groups excluding carboxylic acids is 3. The van der Waals surface area contributed by atoms with E-state index in [1.54, 1.807) is 50.5 Å². The van der Waals surface area contributed by atoms with E-state index in [-0.39, 0.29) is 11.8 Å². The summed E-state index contributed by atoms with van der Waals surface area (Å²) in [7, 11) is 0. The van der Waals surface area contributed by atoms with Gasteiger partial charge in [0.2, 0.25) is 5.91 Å². The van der Waals surface area contributed by atoms with Crippen LogP contribution in [0.5, 0.6) is 0 Å². The van der Waals surface area contributed by atoms with Crippen molar-refractivity contribution in [3.8, 4) is 11.3 Å². The molecule has 8 nitrogen and oxygen atoms in total. The number of nitrogens with zero attached hydrogens (tertiary/aromatic N) is 2. The van der Waals surface area contributed by atoms with Crippen molar-refractivity contribution in [3.05, 3.63) is 60.4 Å². The van der Waals surface area contributed by atoms with Crippen molar-refractivity contribution in [1.82, 2.24) is 26.1 Å². The predicted octanol–water partition coefficient (Wildman–Crippen LogP) is 2.22. The van der Waals surface area contributed by atoms with E-state index in [1.165, 1.54) is 6.92 Å². The van der Waals surface area contributed by atoms with Crippen LogP contribution in [-0.4, -0.2) is 33.7 Å². The zero-order valence-corrected chi connectivity index (χ0v) is 17.0. The standard InChI is InChI=1S/C22H23N5O3/c1-13(2)20(24-14(3)28)22(30)27-26-21(29)17-12-19(15-8-10-23-11-9-15)25-18-7-5-4-6-16(17)18/h4-13,20H,1-3H3,(H,24,28)(H,26,29)(H,27,30)/t20-/m0/s1. The molecule has 0 unspecified atom stereocenters. The first kappa shape index (κ1) is 20.9. The zero-order chi connectivity index (χ0) is 21.7. The molecule has 0 saturated carbocycles. The lowest BCUT2D eigenvalue weighted by atomic mass is 10.0. The highest BCUT2D eigenvalue weighted by Gasteiger charge is 2.24. The van der Waals surface area contributed by atoms with Crippen LogP contribution in [-0.2, 0) is 9.59 Å². The van der Waals surface area contributed by atoms with Crippen LogP contribution in [0.1, 0.15) is 31.1 Å². The first-order valence-corrected chi connectivity index (χ1v) is 9.54. The average Bonchev–Trinajstić information content (AvgIpc) is 2.75. The number of benzene rings is 1. The quantitative estimate of drug-likeness (QED) is 0.564. The topological polar surface area (TPSA) is 113 Å². The third kappa shape index (κ3) is 4.78. The molecule has 1 aromatic carbocycles. The molecule has 1 atom stereocenters. The number of para-hydroxylation sites is 1. The van der Waals surface area contributed by atoms with Gasteiger partial charge in [-0.15, -0.1) is 0 Å². The molecule has 0 saturated heterocycles. The molecule has 3 N–H and O–H groups in total. The molecule has 3 rings (SSSR count). The second kappa shape index (κ2) is 9.13. The maximum absolute atomic E-state index is 12.9. The molecule has 8 heteroatoms. The normalized spacial score (nSPS) is 11.7. The summed E-state index contributed by atoms with van der Waals surface area (Å²) < 4.78 is 0. The SMILES string of the molecule is CC(=O)N[C@H](C(=O)NNC(=O)c1cc(-c2ccncc2)nc2ccccc12)C(C)C. The molecule has 2 heterocycles. The van der Waals surface area contributed by atoms with Gasteiger partial charge in [0.05, 0.1) is 16.8 Å². The van der Waals surface area contributed by atoms with Gasteiger partial charge >= 0.3 is 0 Å². The smallest absolute Gasteiger partial charge is 0.270 e. The summed E-state index contributed by atoms with van der Waals surface area (Å²) in [5.74, 6) is -1.45. The van der Waals surface area contributed by atoms with Crippen molar-refractivity contribution in [2.45, 2.75) is 26.8 Å². The lowest BCUT2D eigenvalue weighted by molar-refractivity contribution is -0.129. The Labute approximate surface area is 174 Å². The molecule has 0 spiro atoms. The predicted molar refractivity (Wildman–Crippen MR) is 113 cm³/mol. The van der Waals surface area contributed by atoms with Crippen molar-refractivity contribution < 1.29 is 14.4 Å². The molecular weight excluding hydrogens is 382 g/mol. The molecule has 154 valence electrons. The van der Waals surface area contributed by atoms with E-state index in [2.05, 4.69) is 26.1 Å². The van der Waals surface area contributed by atoms with E-state index in [4.69, 9.17) is 0 Å². The number of hydrazine groups is 1. The fourth-order valence-electron chi connectivity index (χ4n) is 3.05. The molecule has 3 aromatic rings. The average molecular weight is 405 g/mol. The first-order valence-electron chi connectivity index (χ1n) is 9.54. The van der Waals surface area contributed by atoms with E-state index in [0.717, 1.165) is 5.56 Å². The number of pyridine rings is 2. The Hall–Kier alpha value is -3.81. The van der Waals surface area contributed by atoms with Crippen LogP contribution in [0.25, 0.3) is 22.2 Å². The third-order valence-electron chi connectivity index (χ3n) is 4.54. The number of rotatable bonds is 5. The Balaban J connectivity index is 1.87. The van der Waals surface area contributed by atoms with E-state index < -0.39 is 17.9 Å². The molecule has 30 heavy (non-hydrogen) atoms. The molecule has 0 aliphatic rings. The van der Waals surface area contributed by atoms with Gasteiger partial charge in [-0.2, -0.15) is 0 Å². The van der Waals surface area contributed by atoms with Gasteiger partial charge in [0.15, 0.2) is 0 Å². The van der Waals surface area contributed by atoms with Gasteiger partial charge in [0.1, 0.15) is 6.04 Å². The molecule has 0 radical (unpaired) electrons. The number of amides is 3. The summed E-state index contributed by atoms with van der Waals surface area (Å²) in [6.07, 6.45) is 3.31. The molecule has 3 amide bonds. The maximum Gasteiger partial charge on any atom is 0.270 e. The molecule has 0 aliphatic carbocycles. The fourth-order valence-corrected chi connectivity index (χ4v) is 3.05. The van der Waals surface area contributed by atoms with Gasteiger partial charge in [-0.3, -0.25) is 30.2 Å². The Bertz CT molecular complexity index is 1080. The van der Waals surface area contributed by atoms with Crippen LogP contribution >= 0.6 is 0 Å². The Morgan fingerprint density at radius 1 is 0.967 bits per heavy atom. The summed E-state index contributed by atoms with van der Waals surface area (Å²) in [4.78, 5) is 45.3. The number of hydrogen-bond donors (Lipinski definition) is 3. The van der Waals surface area contributed by atoms with Crippen LogP contribution in [0, 0.1) is 5.92 Å². The van der Waals surface area contributed by atoms with Crippen LogP contribution in [0.4, 0.5) is 0 Å². The van der Waals surface area contributed by atoms with Crippen LogP contribution in [0.3, 0.4) is 0 Å². The highest BCUT2D eigenvalue weighted by Crippen LogP contribution is 2.24. The number of carbonyl (C=O) groups is 3. The minimum atomic E-state index is -0.760. The highest BCUT2D eigenvalue weighted by molar-refractivity contribution is 6.07. The monoisotopic (exact) mass is 405 g/mol. The summed E-state index contributed by atoms with van der Waals surface area (Å²) >= 11 is 0. The fraction of sp³-hybridized carbons (Fsp3) is 0.227. The summed E-state index contributed by atoms with van der Waals surface area (Å²) in [6, 6.07) is 11.8. The summed E-state index contributed by atoms with van der Waals surface area (Å²) in [6.45, 7) is 4.95. The molecule has 2 aromatic heterocycles. The minimum absolute atomic E-state index is 0.147. The summed E-state index contributed by atoms with van der Waals surface area (Å²) in [5, 5.41) is 3.24. The minimum Gasteiger partial charge on any atom is -0.344 e. The van der Waals surface area contributed by atoms with Crippen molar-refractivity contribution in [2.75, 3.05) is 0 Å².